The van der Waals surface area contributed by atoms with Gasteiger partial charge >= 0.3 is 6.09 Å². The summed E-state index contributed by atoms with van der Waals surface area (Å²) < 4.78 is 67.4. The third-order valence-corrected chi connectivity index (χ3v) is 7.31. The van der Waals surface area contributed by atoms with Gasteiger partial charge in [-0.15, -0.1) is 0 Å². The van der Waals surface area contributed by atoms with E-state index in [1.54, 1.807) is 63.2 Å². The number of piperidine rings is 1. The second-order valence-corrected chi connectivity index (χ2v) is 11.9. The van der Waals surface area contributed by atoms with Crippen LogP contribution in [0.4, 0.5) is 22.4 Å². The minimum atomic E-state index is -2.76. The largest absolute Gasteiger partial charge is 0.459 e. The normalized spacial score (nSPS) is 15.0. The number of hydrogen-bond acceptors (Lipinski definition) is 4. The van der Waals surface area contributed by atoms with E-state index in [9.17, 15) is 22.8 Å². The number of nitrogens with one attached hydrogen (secondary N) is 1. The fourth-order valence-corrected chi connectivity index (χ4v) is 5.05. The minimum absolute atomic E-state index is 0.00736. The van der Waals surface area contributed by atoms with Crippen LogP contribution in [0.25, 0.3) is 33.2 Å². The smallest absolute Gasteiger partial charge is 0.408 e. The first-order valence-electron chi connectivity index (χ1n) is 13.6. The van der Waals surface area contributed by atoms with E-state index < -0.39 is 29.3 Å². The molecule has 4 aromatic rings. The molecule has 0 atom stereocenters. The molecule has 11 heteroatoms. The van der Waals surface area contributed by atoms with E-state index in [2.05, 4.69) is 5.32 Å². The second-order valence-electron chi connectivity index (χ2n) is 11.5. The summed E-state index contributed by atoms with van der Waals surface area (Å²) in [4.78, 5) is 26.5. The number of hydrogen-bond donors (Lipinski definition) is 1. The Morgan fingerprint density at radius 2 is 1.63 bits per heavy atom. The number of rotatable bonds is 5. The van der Waals surface area contributed by atoms with Gasteiger partial charge < -0.3 is 19.4 Å². The molecule has 0 saturated carbocycles. The van der Waals surface area contributed by atoms with Crippen molar-refractivity contribution in [2.75, 3.05) is 13.1 Å². The van der Waals surface area contributed by atoms with Crippen LogP contribution < -0.4 is 5.32 Å². The fourth-order valence-electron chi connectivity index (χ4n) is 4.89. The molecule has 0 spiro atoms. The summed E-state index contributed by atoms with van der Waals surface area (Å²) in [6.07, 6.45) is -1.38. The molecule has 1 aromatic heterocycles. The molecule has 1 fully saturated rings. The van der Waals surface area contributed by atoms with Crippen molar-refractivity contribution in [3.8, 4) is 22.3 Å². The highest BCUT2D eigenvalue weighted by Gasteiger charge is 2.35. The minimum Gasteiger partial charge on any atom is -0.459 e. The van der Waals surface area contributed by atoms with E-state index in [1.165, 1.54) is 11.0 Å². The van der Waals surface area contributed by atoms with Crippen molar-refractivity contribution in [3.05, 3.63) is 82.6 Å². The lowest BCUT2D eigenvalue weighted by Gasteiger charge is -2.31. The number of carbonyl (C=O) groups is 2. The monoisotopic (exact) mass is 616 g/mol. The number of fused-ring (bicyclic) bond motifs is 1. The number of alkyl halides is 2. The van der Waals surface area contributed by atoms with E-state index >= 15 is 4.39 Å². The van der Waals surface area contributed by atoms with Crippen molar-refractivity contribution in [3.63, 3.8) is 0 Å². The number of carbonyl (C=O) groups excluding carboxylic acids is 2. The number of nitrogens with zero attached hydrogens (tertiary/aromatic N) is 1. The Kier molecular flexibility index (Phi) is 8.17. The van der Waals surface area contributed by atoms with E-state index in [0.717, 1.165) is 0 Å². The summed E-state index contributed by atoms with van der Waals surface area (Å²) in [5.41, 5.74) is 1.56. The quantitative estimate of drug-likeness (QED) is 0.180. The molecule has 3 aromatic carbocycles. The topological polar surface area (TPSA) is 71.8 Å². The zero-order valence-corrected chi connectivity index (χ0v) is 24.5. The highest BCUT2D eigenvalue weighted by atomic mass is 35.5. The first kappa shape index (κ1) is 30.4. The molecule has 0 radical (unpaired) electrons. The predicted molar refractivity (Wildman–Crippen MR) is 155 cm³/mol. The van der Waals surface area contributed by atoms with Crippen molar-refractivity contribution in [1.82, 2.24) is 10.2 Å². The highest BCUT2D eigenvalue weighted by Crippen LogP contribution is 2.39. The van der Waals surface area contributed by atoms with Crippen LogP contribution >= 0.6 is 11.6 Å². The molecule has 0 bridgehead atoms. The van der Waals surface area contributed by atoms with E-state index in [1.807, 2.05) is 0 Å². The van der Waals surface area contributed by atoms with Gasteiger partial charge in [-0.2, -0.15) is 0 Å². The van der Waals surface area contributed by atoms with Gasteiger partial charge in [0, 0.05) is 54.1 Å². The lowest BCUT2D eigenvalue weighted by atomic mass is 9.95. The van der Waals surface area contributed by atoms with E-state index in [0.29, 0.717) is 45.0 Å². The van der Waals surface area contributed by atoms with Crippen LogP contribution in [0.5, 0.6) is 0 Å². The molecule has 226 valence electrons. The number of amides is 2. The summed E-state index contributed by atoms with van der Waals surface area (Å²) in [5.74, 6) is -4.49. The maximum atomic E-state index is 15.1. The van der Waals surface area contributed by atoms with Gasteiger partial charge in [0.1, 0.15) is 28.6 Å². The highest BCUT2D eigenvalue weighted by molar-refractivity contribution is 6.31. The van der Waals surface area contributed by atoms with Crippen LogP contribution in [0.15, 0.2) is 59.0 Å². The molecule has 1 aliphatic heterocycles. The van der Waals surface area contributed by atoms with Crippen molar-refractivity contribution >= 4 is 34.6 Å². The molecule has 1 N–H and O–H groups in total. The Hall–Kier alpha value is -4.05. The summed E-state index contributed by atoms with van der Waals surface area (Å²) in [6.45, 7) is 5.16. The molecule has 2 amide bonds. The van der Waals surface area contributed by atoms with Crippen LogP contribution in [-0.2, 0) is 11.3 Å². The van der Waals surface area contributed by atoms with Crippen LogP contribution in [0.3, 0.4) is 0 Å². The average molecular weight is 617 g/mol. The number of benzene rings is 3. The Morgan fingerprint density at radius 3 is 2.28 bits per heavy atom. The van der Waals surface area contributed by atoms with Crippen LogP contribution in [0.1, 0.15) is 49.7 Å². The fraction of sp³-hybridized carbons (Fsp3) is 0.312. The zero-order valence-electron chi connectivity index (χ0n) is 23.7. The van der Waals surface area contributed by atoms with Gasteiger partial charge in [-0.05, 0) is 68.3 Å². The summed E-state index contributed by atoms with van der Waals surface area (Å²) in [7, 11) is 0. The molecule has 43 heavy (non-hydrogen) atoms. The van der Waals surface area contributed by atoms with Crippen LogP contribution in [0.2, 0.25) is 5.02 Å². The third kappa shape index (κ3) is 6.96. The van der Waals surface area contributed by atoms with E-state index in [-0.39, 0.29) is 49.0 Å². The maximum Gasteiger partial charge on any atom is 0.408 e. The van der Waals surface area contributed by atoms with Gasteiger partial charge in [0.2, 0.25) is 0 Å². The molecular formula is C32H29ClF4N2O4. The van der Waals surface area contributed by atoms with Gasteiger partial charge in [-0.3, -0.25) is 4.79 Å². The average Bonchev–Trinajstić information content (AvgIpc) is 3.35. The van der Waals surface area contributed by atoms with Crippen LogP contribution in [0, 0.1) is 11.6 Å². The lowest BCUT2D eigenvalue weighted by Crippen LogP contribution is -2.42. The van der Waals surface area contributed by atoms with Crippen molar-refractivity contribution in [1.29, 1.82) is 0 Å². The summed E-state index contributed by atoms with van der Waals surface area (Å²) in [5, 5.41) is 2.92. The Balaban J connectivity index is 1.49. The maximum absolute atomic E-state index is 15.1. The van der Waals surface area contributed by atoms with Gasteiger partial charge in [0.15, 0.2) is 0 Å². The van der Waals surface area contributed by atoms with Gasteiger partial charge in [0.05, 0.1) is 11.6 Å². The summed E-state index contributed by atoms with van der Waals surface area (Å²) >= 11 is 6.00. The molecule has 6 nitrogen and oxygen atoms in total. The Morgan fingerprint density at radius 1 is 0.953 bits per heavy atom. The van der Waals surface area contributed by atoms with E-state index in [4.69, 9.17) is 20.8 Å². The van der Waals surface area contributed by atoms with Crippen LogP contribution in [-0.4, -0.2) is 41.5 Å². The standard InChI is InChI=1S/C32H29ClF4N2O4/c1-31(2,3)43-30(41)38-17-22-13-21-12-20(14-24(28(21)42-22)23-15-25(33)27(35)16-26(23)34)18-4-6-19(7-5-18)29(40)39-10-8-32(36,37)9-11-39/h4-7,12-16H,8-11,17H2,1-3H3,(H,38,41). The summed E-state index contributed by atoms with van der Waals surface area (Å²) in [6, 6.07) is 13.6. The van der Waals surface area contributed by atoms with Gasteiger partial charge in [-0.25, -0.2) is 22.4 Å². The number of alkyl carbamates (subject to hydrolysis) is 1. The second kappa shape index (κ2) is 11.6. The molecule has 0 aliphatic carbocycles. The SMILES string of the molecule is CC(C)(C)OC(=O)NCc1cc2cc(-c3ccc(C(=O)N4CCC(F)(F)CC4)cc3)cc(-c3cc(Cl)c(F)cc3F)c2o1. The first-order valence-corrected chi connectivity index (χ1v) is 14.0. The molecule has 1 aliphatic rings. The molecule has 1 saturated heterocycles. The van der Waals surface area contributed by atoms with Crippen molar-refractivity contribution in [2.45, 2.75) is 51.7 Å². The molecule has 0 unspecified atom stereocenters. The van der Waals surface area contributed by atoms with Crippen molar-refractivity contribution < 1.29 is 36.3 Å². The number of ether oxygens (including phenoxy) is 1. The molecule has 5 rings (SSSR count). The molecule has 2 heterocycles. The predicted octanol–water partition coefficient (Wildman–Crippen LogP) is 8.59. The Labute approximate surface area is 250 Å². The number of likely N-dealkylation sites (tertiary alicyclic amines) is 1. The lowest BCUT2D eigenvalue weighted by molar-refractivity contribution is -0.0494. The van der Waals surface area contributed by atoms with Gasteiger partial charge in [-0.1, -0.05) is 23.7 Å². The third-order valence-electron chi connectivity index (χ3n) is 7.02. The zero-order chi connectivity index (χ0) is 31.1. The Bertz CT molecular complexity index is 1690. The first-order chi connectivity index (χ1) is 20.2. The van der Waals surface area contributed by atoms with Crippen molar-refractivity contribution in [2.24, 2.45) is 0 Å². The molecular weight excluding hydrogens is 588 g/mol. The number of halogens is 5. The van der Waals surface area contributed by atoms with Gasteiger partial charge in [0.25, 0.3) is 11.8 Å². The number of furan rings is 1.